The number of benzene rings is 2. The summed E-state index contributed by atoms with van der Waals surface area (Å²) in [4.78, 5) is 49.6. The topological polar surface area (TPSA) is 137 Å². The van der Waals surface area contributed by atoms with Gasteiger partial charge in [0.2, 0.25) is 0 Å². The van der Waals surface area contributed by atoms with Gasteiger partial charge in [0.15, 0.2) is 0 Å². The molecule has 0 radical (unpaired) electrons. The van der Waals surface area contributed by atoms with Crippen molar-refractivity contribution in [3.05, 3.63) is 63.7 Å². The summed E-state index contributed by atoms with van der Waals surface area (Å²) in [6, 6.07) is 9.58. The monoisotopic (exact) mass is 410 g/mol. The first-order chi connectivity index (χ1) is 14.3. The van der Waals surface area contributed by atoms with Crippen LogP contribution in [0.2, 0.25) is 0 Å². The molecule has 0 atom stereocenters. The Labute approximate surface area is 171 Å². The van der Waals surface area contributed by atoms with Gasteiger partial charge < -0.3 is 5.32 Å². The van der Waals surface area contributed by atoms with Crippen LogP contribution in [0.1, 0.15) is 15.9 Å². The summed E-state index contributed by atoms with van der Waals surface area (Å²) >= 11 is 0. The third-order valence-corrected chi connectivity index (χ3v) is 4.14. The number of nitro benzene ring substituents is 1. The summed E-state index contributed by atoms with van der Waals surface area (Å²) in [6.45, 7) is 0.266. The number of Topliss-reactive ketones (excluding diaryl/α,β-unsaturated/α-hetero) is 1. The Kier molecular flexibility index (Phi) is 5.83. The maximum absolute atomic E-state index is 12.2. The van der Waals surface area contributed by atoms with Crippen LogP contribution in [0.15, 0.2) is 47.6 Å². The molecule has 154 valence electrons. The van der Waals surface area contributed by atoms with Crippen LogP contribution in [0.4, 0.5) is 21.9 Å². The highest BCUT2D eigenvalue weighted by atomic mass is 16.6. The Hall–Kier alpha value is -4.12. The van der Waals surface area contributed by atoms with E-state index in [2.05, 4.69) is 15.8 Å². The van der Waals surface area contributed by atoms with Gasteiger partial charge in [-0.2, -0.15) is 5.10 Å². The highest BCUT2D eigenvalue weighted by molar-refractivity contribution is 6.52. The Morgan fingerprint density at radius 2 is 1.90 bits per heavy atom. The molecule has 0 unspecified atom stereocenters. The summed E-state index contributed by atoms with van der Waals surface area (Å²) in [5.41, 5.74) is 3.79. The molecule has 3 amide bonds. The number of rotatable bonds is 6. The number of amides is 3. The van der Waals surface area contributed by atoms with Crippen molar-refractivity contribution in [1.82, 2.24) is 10.3 Å². The van der Waals surface area contributed by atoms with Crippen molar-refractivity contribution in [2.45, 2.75) is 0 Å². The van der Waals surface area contributed by atoms with E-state index in [1.54, 1.807) is 31.1 Å². The van der Waals surface area contributed by atoms with Crippen LogP contribution in [0.25, 0.3) is 0 Å². The van der Waals surface area contributed by atoms with Crippen LogP contribution in [-0.4, -0.2) is 54.5 Å². The highest BCUT2D eigenvalue weighted by Crippen LogP contribution is 2.31. The largest absolute Gasteiger partial charge is 0.339 e. The summed E-state index contributed by atoms with van der Waals surface area (Å²) in [7, 11) is 3.57. The van der Waals surface area contributed by atoms with Crippen molar-refractivity contribution in [1.29, 1.82) is 0 Å². The fourth-order valence-electron chi connectivity index (χ4n) is 2.81. The quantitative estimate of drug-likeness (QED) is 0.322. The number of urea groups is 1. The summed E-state index contributed by atoms with van der Waals surface area (Å²) < 4.78 is 0. The summed E-state index contributed by atoms with van der Waals surface area (Å²) in [6.07, 6.45) is 1.33. The van der Waals surface area contributed by atoms with Crippen molar-refractivity contribution in [2.24, 2.45) is 5.10 Å². The van der Waals surface area contributed by atoms with Crippen molar-refractivity contribution in [3.8, 4) is 0 Å². The molecule has 0 spiro atoms. The third-order valence-electron chi connectivity index (χ3n) is 4.14. The number of anilines is 2. The van der Waals surface area contributed by atoms with E-state index in [0.29, 0.717) is 16.9 Å². The number of non-ortho nitro benzene ring substituents is 1. The Morgan fingerprint density at radius 3 is 2.53 bits per heavy atom. The number of hydrogen-bond donors (Lipinski definition) is 2. The molecule has 1 aliphatic rings. The molecule has 2 aromatic rings. The van der Waals surface area contributed by atoms with Gasteiger partial charge in [0.25, 0.3) is 11.5 Å². The van der Waals surface area contributed by atoms with Crippen LogP contribution in [0.5, 0.6) is 0 Å². The zero-order valence-corrected chi connectivity index (χ0v) is 16.2. The van der Waals surface area contributed by atoms with E-state index >= 15 is 0 Å². The Morgan fingerprint density at radius 1 is 1.20 bits per heavy atom. The SMILES string of the molecule is CN(C)CN1C(=O)C(=O)c2cc(NC(=O)N/N=C/c3ccc([N+](=O)[O-])cc3)ccc21. The van der Waals surface area contributed by atoms with Gasteiger partial charge in [-0.25, -0.2) is 10.2 Å². The van der Waals surface area contributed by atoms with E-state index < -0.39 is 22.6 Å². The summed E-state index contributed by atoms with van der Waals surface area (Å²) in [5.74, 6) is -1.25. The van der Waals surface area contributed by atoms with Crippen LogP contribution >= 0.6 is 0 Å². The third kappa shape index (κ3) is 4.47. The van der Waals surface area contributed by atoms with Gasteiger partial charge in [-0.3, -0.25) is 29.5 Å². The molecule has 1 heterocycles. The second-order valence-corrected chi connectivity index (χ2v) is 6.69. The van der Waals surface area contributed by atoms with E-state index in [1.165, 1.54) is 41.4 Å². The maximum atomic E-state index is 12.2. The smallest absolute Gasteiger partial charge is 0.306 e. The van der Waals surface area contributed by atoms with E-state index in [4.69, 9.17) is 0 Å². The van der Waals surface area contributed by atoms with Crippen molar-refractivity contribution < 1.29 is 19.3 Å². The molecule has 2 aromatic carbocycles. The van der Waals surface area contributed by atoms with Crippen molar-refractivity contribution >= 4 is 41.0 Å². The molecule has 2 N–H and O–H groups in total. The Balaban J connectivity index is 1.63. The van der Waals surface area contributed by atoms with Gasteiger partial charge in [-0.15, -0.1) is 0 Å². The predicted molar refractivity (Wildman–Crippen MR) is 110 cm³/mol. The van der Waals surface area contributed by atoms with Gasteiger partial charge in [0, 0.05) is 17.8 Å². The van der Waals surface area contributed by atoms with Gasteiger partial charge in [0.05, 0.1) is 29.1 Å². The molecule has 0 aromatic heterocycles. The van der Waals surface area contributed by atoms with Crippen LogP contribution in [0.3, 0.4) is 0 Å². The van der Waals surface area contributed by atoms with Crippen LogP contribution in [-0.2, 0) is 4.79 Å². The molecule has 0 saturated heterocycles. The number of carbonyl (C=O) groups excluding carboxylic acids is 3. The van der Waals surface area contributed by atoms with Gasteiger partial charge in [0.1, 0.15) is 0 Å². The standard InChI is InChI=1S/C19H18N6O5/c1-23(2)11-24-16-8-5-13(9-15(16)17(26)18(24)27)21-19(28)22-20-10-12-3-6-14(7-4-12)25(29)30/h3-10H,11H2,1-2H3,(H2,21,22,28)/b20-10+. The van der Waals surface area contributed by atoms with Crippen LogP contribution < -0.4 is 15.6 Å². The van der Waals surface area contributed by atoms with Gasteiger partial charge >= 0.3 is 11.9 Å². The zero-order valence-electron chi connectivity index (χ0n) is 16.2. The van der Waals surface area contributed by atoms with E-state index in [0.717, 1.165) is 0 Å². The molecule has 30 heavy (non-hydrogen) atoms. The molecule has 11 heteroatoms. The molecule has 0 aliphatic carbocycles. The minimum Gasteiger partial charge on any atom is -0.306 e. The molecule has 11 nitrogen and oxygen atoms in total. The first-order valence-electron chi connectivity index (χ1n) is 8.76. The number of ketones is 1. The minimum absolute atomic E-state index is 0.0494. The first-order valence-corrected chi connectivity index (χ1v) is 8.76. The number of hydrazone groups is 1. The maximum Gasteiger partial charge on any atom is 0.339 e. The fraction of sp³-hybridized carbons (Fsp3) is 0.158. The lowest BCUT2D eigenvalue weighted by Gasteiger charge is -2.21. The molecule has 1 aliphatic heterocycles. The van der Waals surface area contributed by atoms with E-state index in [-0.39, 0.29) is 17.9 Å². The molecular formula is C19H18N6O5. The van der Waals surface area contributed by atoms with Crippen LogP contribution in [0, 0.1) is 10.1 Å². The number of carbonyl (C=O) groups is 3. The number of nitro groups is 1. The highest BCUT2D eigenvalue weighted by Gasteiger charge is 2.36. The average Bonchev–Trinajstić information content (AvgIpc) is 2.92. The average molecular weight is 410 g/mol. The molecule has 0 fully saturated rings. The van der Waals surface area contributed by atoms with E-state index in [9.17, 15) is 24.5 Å². The lowest BCUT2D eigenvalue weighted by molar-refractivity contribution is -0.384. The summed E-state index contributed by atoms with van der Waals surface area (Å²) in [5, 5.41) is 16.9. The van der Waals surface area contributed by atoms with E-state index in [1.807, 2.05) is 0 Å². The minimum atomic E-state index is -0.657. The number of nitrogens with one attached hydrogen (secondary N) is 2. The first kappa shape index (κ1) is 20.6. The second-order valence-electron chi connectivity index (χ2n) is 6.69. The van der Waals surface area contributed by atoms with Crippen molar-refractivity contribution in [2.75, 3.05) is 31.0 Å². The van der Waals surface area contributed by atoms with Gasteiger partial charge in [-0.05, 0) is 50.0 Å². The molecule has 0 bridgehead atoms. The lowest BCUT2D eigenvalue weighted by Crippen LogP contribution is -2.37. The van der Waals surface area contributed by atoms with Gasteiger partial charge in [-0.1, -0.05) is 0 Å². The lowest BCUT2D eigenvalue weighted by atomic mass is 10.1. The predicted octanol–water partition coefficient (Wildman–Crippen LogP) is 1.80. The number of nitrogens with zero attached hydrogens (tertiary/aromatic N) is 4. The normalized spacial score (nSPS) is 13.1. The fourth-order valence-corrected chi connectivity index (χ4v) is 2.81. The molecule has 3 rings (SSSR count). The van der Waals surface area contributed by atoms with Crippen molar-refractivity contribution in [3.63, 3.8) is 0 Å². The molecule has 0 saturated carbocycles. The molecular weight excluding hydrogens is 392 g/mol. The number of fused-ring (bicyclic) bond motifs is 1. The number of hydrogen-bond acceptors (Lipinski definition) is 7. The zero-order chi connectivity index (χ0) is 21.8. The second kappa shape index (κ2) is 8.49. The Bertz CT molecular complexity index is 1050.